The number of hydrogen-bond donors (Lipinski definition) is 3. The minimum absolute atomic E-state index is 0.0601. The van der Waals surface area contributed by atoms with Crippen LogP contribution in [-0.2, 0) is 17.6 Å². The Balaban J connectivity index is 1.92. The first-order valence-corrected chi connectivity index (χ1v) is 7.79. The maximum atomic E-state index is 12.4. The molecule has 128 valence electrons. The molecule has 0 aliphatic rings. The number of nitrogen functional groups attached to an aromatic ring is 1. The van der Waals surface area contributed by atoms with Gasteiger partial charge in [-0.05, 0) is 26.1 Å². The first kappa shape index (κ1) is 17.7. The number of H-pyrrole nitrogens is 1. The van der Waals surface area contributed by atoms with E-state index in [1.165, 1.54) is 6.07 Å². The second kappa shape index (κ2) is 8.26. The van der Waals surface area contributed by atoms with Gasteiger partial charge in [0.25, 0.3) is 5.56 Å². The number of aromatic nitrogens is 2. The van der Waals surface area contributed by atoms with Crippen LogP contribution in [0.5, 0.6) is 0 Å². The van der Waals surface area contributed by atoms with Crippen LogP contribution in [0.2, 0.25) is 0 Å². The summed E-state index contributed by atoms with van der Waals surface area (Å²) in [6.07, 6.45) is 1.05. The third-order valence-corrected chi connectivity index (χ3v) is 3.67. The zero-order chi connectivity index (χ0) is 17.5. The number of nitrogens with two attached hydrogens (primary N) is 1. The van der Waals surface area contributed by atoms with E-state index >= 15 is 0 Å². The molecule has 1 amide bonds. The third-order valence-electron chi connectivity index (χ3n) is 3.67. The summed E-state index contributed by atoms with van der Waals surface area (Å²) in [6, 6.07) is 10.8. The van der Waals surface area contributed by atoms with Crippen LogP contribution in [0.4, 0.5) is 5.82 Å². The van der Waals surface area contributed by atoms with E-state index in [4.69, 9.17) is 5.73 Å². The van der Waals surface area contributed by atoms with Gasteiger partial charge in [-0.1, -0.05) is 30.3 Å². The van der Waals surface area contributed by atoms with E-state index in [2.05, 4.69) is 15.3 Å². The van der Waals surface area contributed by atoms with Crippen molar-refractivity contribution in [3.63, 3.8) is 0 Å². The molecule has 0 radical (unpaired) electrons. The summed E-state index contributed by atoms with van der Waals surface area (Å²) in [5.74, 6) is 0.579. The molecule has 1 heterocycles. The Labute approximate surface area is 140 Å². The number of carbonyl (C=O) groups excluding carboxylic acids is 1. The summed E-state index contributed by atoms with van der Waals surface area (Å²) in [5.41, 5.74) is 6.35. The Bertz CT molecular complexity index is 727. The van der Waals surface area contributed by atoms with E-state index < -0.39 is 0 Å². The molecule has 7 heteroatoms. The largest absolute Gasteiger partial charge is 0.383 e. The molecule has 7 nitrogen and oxygen atoms in total. The van der Waals surface area contributed by atoms with E-state index in [9.17, 15) is 9.59 Å². The summed E-state index contributed by atoms with van der Waals surface area (Å²) in [5, 5.41) is 2.89. The van der Waals surface area contributed by atoms with E-state index in [1.807, 2.05) is 49.3 Å². The number of rotatable bonds is 7. The van der Waals surface area contributed by atoms with Gasteiger partial charge in [0.2, 0.25) is 5.91 Å². The van der Waals surface area contributed by atoms with Crippen LogP contribution >= 0.6 is 0 Å². The molecule has 0 aliphatic heterocycles. The van der Waals surface area contributed by atoms with E-state index in [0.717, 1.165) is 5.56 Å². The van der Waals surface area contributed by atoms with Crippen LogP contribution in [-0.4, -0.2) is 47.5 Å². The van der Waals surface area contributed by atoms with Gasteiger partial charge in [0, 0.05) is 19.0 Å². The summed E-state index contributed by atoms with van der Waals surface area (Å²) in [6.45, 7) is 0.379. The lowest BCUT2D eigenvalue weighted by molar-refractivity contribution is -0.125. The van der Waals surface area contributed by atoms with Crippen LogP contribution in [0.25, 0.3) is 0 Å². The second-order valence-corrected chi connectivity index (χ2v) is 5.83. The van der Waals surface area contributed by atoms with Gasteiger partial charge in [0.05, 0.1) is 6.04 Å². The molecule has 0 bridgehead atoms. The van der Waals surface area contributed by atoms with E-state index in [1.54, 1.807) is 0 Å². The number of carbonyl (C=O) groups is 1. The number of nitrogens with one attached hydrogen (secondary N) is 2. The van der Waals surface area contributed by atoms with Crippen molar-refractivity contribution in [1.29, 1.82) is 0 Å². The third kappa shape index (κ3) is 5.20. The van der Waals surface area contributed by atoms with Crippen molar-refractivity contribution in [3.8, 4) is 0 Å². The fourth-order valence-corrected chi connectivity index (χ4v) is 2.42. The van der Waals surface area contributed by atoms with Crippen LogP contribution in [0.1, 0.15) is 11.4 Å². The quantitative estimate of drug-likeness (QED) is 0.672. The van der Waals surface area contributed by atoms with Gasteiger partial charge < -0.3 is 16.0 Å². The van der Waals surface area contributed by atoms with Gasteiger partial charge in [-0.15, -0.1) is 0 Å². The van der Waals surface area contributed by atoms with Crippen molar-refractivity contribution >= 4 is 11.7 Å². The molecule has 4 N–H and O–H groups in total. The number of aromatic amines is 1. The molecule has 0 aliphatic carbocycles. The fourth-order valence-electron chi connectivity index (χ4n) is 2.42. The van der Waals surface area contributed by atoms with Crippen molar-refractivity contribution < 1.29 is 4.79 Å². The SMILES string of the molecule is CN(C)C(Cc1ccccc1)C(=O)NCCc1nc(N)cc(=O)[nH]1. The molecule has 1 aromatic carbocycles. The van der Waals surface area contributed by atoms with Gasteiger partial charge >= 0.3 is 0 Å². The predicted octanol–water partition coefficient (Wildman–Crippen LogP) is 0.184. The summed E-state index contributed by atoms with van der Waals surface area (Å²) in [7, 11) is 3.76. The molecule has 0 saturated heterocycles. The molecular formula is C17H23N5O2. The number of amides is 1. The highest BCUT2D eigenvalue weighted by atomic mass is 16.2. The molecule has 2 aromatic rings. The van der Waals surface area contributed by atoms with Crippen molar-refractivity contribution in [2.24, 2.45) is 0 Å². The molecule has 24 heavy (non-hydrogen) atoms. The highest BCUT2D eigenvalue weighted by Crippen LogP contribution is 2.07. The Hall–Kier alpha value is -2.67. The molecule has 1 atom stereocenters. The number of benzene rings is 1. The number of likely N-dealkylation sites (N-methyl/N-ethyl adjacent to an activating group) is 1. The maximum Gasteiger partial charge on any atom is 0.252 e. The van der Waals surface area contributed by atoms with Crippen molar-refractivity contribution in [1.82, 2.24) is 20.2 Å². The standard InChI is InChI=1S/C17H23N5O2/c1-22(2)13(10-12-6-4-3-5-7-12)17(24)19-9-8-15-20-14(18)11-16(23)21-15/h3-7,11,13H,8-10H2,1-2H3,(H,19,24)(H3,18,20,21,23). The molecule has 0 saturated carbocycles. The molecule has 0 fully saturated rings. The Kier molecular flexibility index (Phi) is 6.08. The second-order valence-electron chi connectivity index (χ2n) is 5.83. The minimum atomic E-state index is -0.293. The zero-order valence-electron chi connectivity index (χ0n) is 14.0. The Morgan fingerprint density at radius 1 is 1.33 bits per heavy atom. The molecule has 1 unspecified atom stereocenters. The Morgan fingerprint density at radius 3 is 2.67 bits per heavy atom. The van der Waals surface area contributed by atoms with Gasteiger partial charge in [-0.3, -0.25) is 14.5 Å². The van der Waals surface area contributed by atoms with Crippen LogP contribution < -0.4 is 16.6 Å². The Morgan fingerprint density at radius 2 is 2.04 bits per heavy atom. The van der Waals surface area contributed by atoms with Gasteiger partial charge in [-0.25, -0.2) is 4.98 Å². The molecule has 2 rings (SSSR count). The number of nitrogens with zero attached hydrogens (tertiary/aromatic N) is 2. The van der Waals surface area contributed by atoms with E-state index in [0.29, 0.717) is 25.2 Å². The predicted molar refractivity (Wildman–Crippen MR) is 93.6 cm³/mol. The number of hydrogen-bond acceptors (Lipinski definition) is 5. The zero-order valence-corrected chi connectivity index (χ0v) is 14.0. The van der Waals surface area contributed by atoms with Crippen LogP contribution in [0, 0.1) is 0 Å². The summed E-state index contributed by atoms with van der Waals surface area (Å²) >= 11 is 0. The lowest BCUT2D eigenvalue weighted by Crippen LogP contribution is -2.45. The highest BCUT2D eigenvalue weighted by Gasteiger charge is 2.20. The minimum Gasteiger partial charge on any atom is -0.383 e. The van der Waals surface area contributed by atoms with Gasteiger partial charge in [0.15, 0.2) is 0 Å². The summed E-state index contributed by atoms with van der Waals surface area (Å²) < 4.78 is 0. The normalized spacial score (nSPS) is 12.1. The van der Waals surface area contributed by atoms with Crippen LogP contribution in [0.15, 0.2) is 41.2 Å². The average Bonchev–Trinajstić information content (AvgIpc) is 2.52. The highest BCUT2D eigenvalue weighted by molar-refractivity contribution is 5.82. The molecule has 1 aromatic heterocycles. The monoisotopic (exact) mass is 329 g/mol. The molecular weight excluding hydrogens is 306 g/mol. The van der Waals surface area contributed by atoms with Gasteiger partial charge in [-0.2, -0.15) is 0 Å². The van der Waals surface area contributed by atoms with E-state index in [-0.39, 0.29) is 23.3 Å². The lowest BCUT2D eigenvalue weighted by Gasteiger charge is -2.23. The van der Waals surface area contributed by atoms with Crippen LogP contribution in [0.3, 0.4) is 0 Å². The topological polar surface area (TPSA) is 104 Å². The maximum absolute atomic E-state index is 12.4. The van der Waals surface area contributed by atoms with Crippen molar-refractivity contribution in [3.05, 3.63) is 58.1 Å². The fraction of sp³-hybridized carbons (Fsp3) is 0.353. The van der Waals surface area contributed by atoms with Crippen molar-refractivity contribution in [2.75, 3.05) is 26.4 Å². The molecule has 0 spiro atoms. The average molecular weight is 329 g/mol. The first-order valence-electron chi connectivity index (χ1n) is 7.79. The smallest absolute Gasteiger partial charge is 0.252 e. The van der Waals surface area contributed by atoms with Crippen molar-refractivity contribution in [2.45, 2.75) is 18.9 Å². The number of anilines is 1. The lowest BCUT2D eigenvalue weighted by atomic mass is 10.0. The summed E-state index contributed by atoms with van der Waals surface area (Å²) in [4.78, 5) is 32.3. The first-order chi connectivity index (χ1) is 11.5. The van der Waals surface area contributed by atoms with Gasteiger partial charge in [0.1, 0.15) is 11.6 Å².